The molecule has 1 atom stereocenters. The Morgan fingerprint density at radius 1 is 1.25 bits per heavy atom. The molecule has 28 heavy (non-hydrogen) atoms. The van der Waals surface area contributed by atoms with Gasteiger partial charge in [0.2, 0.25) is 18.0 Å². The number of hydrazone groups is 1. The molecule has 7 heteroatoms. The number of nitrogens with zero attached hydrogens (tertiary/aromatic N) is 2. The van der Waals surface area contributed by atoms with Crippen LogP contribution in [-0.2, 0) is 14.9 Å². The van der Waals surface area contributed by atoms with Crippen LogP contribution in [0.3, 0.4) is 0 Å². The highest BCUT2D eigenvalue weighted by Crippen LogP contribution is 2.27. The molecule has 0 aromatic heterocycles. The molecule has 0 saturated heterocycles. The first-order chi connectivity index (χ1) is 13.2. The molecular weight excluding hydrogens is 383 g/mol. The van der Waals surface area contributed by atoms with E-state index in [0.717, 1.165) is 5.01 Å². The Kier molecular flexibility index (Phi) is 5.61. The van der Waals surface area contributed by atoms with Crippen LogP contribution in [0, 0.1) is 5.82 Å². The Morgan fingerprint density at radius 2 is 1.93 bits per heavy atom. The molecule has 2 aromatic carbocycles. The van der Waals surface area contributed by atoms with Gasteiger partial charge in [-0.05, 0) is 35.2 Å². The monoisotopic (exact) mass is 404 g/mol. The van der Waals surface area contributed by atoms with E-state index < -0.39 is 12.0 Å². The van der Waals surface area contributed by atoms with E-state index in [1.807, 2.05) is 24.3 Å². The molecule has 0 saturated carbocycles. The van der Waals surface area contributed by atoms with Gasteiger partial charge in [0.25, 0.3) is 0 Å². The lowest BCUT2D eigenvalue weighted by atomic mass is 9.87. The third-order valence-corrected chi connectivity index (χ3v) is 4.65. The summed E-state index contributed by atoms with van der Waals surface area (Å²) in [5, 5.41) is 5.37. The summed E-state index contributed by atoms with van der Waals surface area (Å²) in [5.74, 6) is -0.333. The van der Waals surface area contributed by atoms with Gasteiger partial charge in [-0.25, -0.2) is 4.39 Å². The summed E-state index contributed by atoms with van der Waals surface area (Å²) in [6, 6.07) is 12.0. The van der Waals surface area contributed by atoms with Gasteiger partial charge < -0.3 is 9.47 Å². The number of hydrogen-bond acceptors (Lipinski definition) is 4. The Hall–Kier alpha value is -2.60. The molecule has 1 heterocycles. The normalized spacial score (nSPS) is 16.6. The Morgan fingerprint density at radius 3 is 2.50 bits per heavy atom. The predicted molar refractivity (Wildman–Crippen MR) is 106 cm³/mol. The lowest BCUT2D eigenvalue weighted by molar-refractivity contribution is -0.136. The van der Waals surface area contributed by atoms with Gasteiger partial charge in [-0.15, -0.1) is 5.10 Å². The first-order valence-corrected chi connectivity index (χ1v) is 9.27. The van der Waals surface area contributed by atoms with Crippen LogP contribution >= 0.6 is 11.6 Å². The maximum Gasteiger partial charge on any atom is 0.245 e. The number of amides is 1. The van der Waals surface area contributed by atoms with Crippen LogP contribution in [0.15, 0.2) is 47.6 Å². The number of carbonyl (C=O) groups is 1. The summed E-state index contributed by atoms with van der Waals surface area (Å²) in [7, 11) is 0. The minimum absolute atomic E-state index is 0.0208. The van der Waals surface area contributed by atoms with Gasteiger partial charge in [0.15, 0.2) is 0 Å². The molecule has 1 aliphatic rings. The molecule has 0 fully saturated rings. The maximum absolute atomic E-state index is 14.2. The quantitative estimate of drug-likeness (QED) is 0.740. The van der Waals surface area contributed by atoms with Crippen LogP contribution in [0.25, 0.3) is 0 Å². The fraction of sp³-hybridized carbons (Fsp3) is 0.333. The Bertz CT molecular complexity index is 887. The van der Waals surface area contributed by atoms with Crippen LogP contribution in [0.5, 0.6) is 5.75 Å². The highest BCUT2D eigenvalue weighted by atomic mass is 35.5. The minimum atomic E-state index is -0.814. The second-order valence-electron chi connectivity index (χ2n) is 7.52. The van der Waals surface area contributed by atoms with Crippen LogP contribution in [0.4, 0.5) is 4.39 Å². The lowest BCUT2D eigenvalue weighted by Crippen LogP contribution is -2.36. The van der Waals surface area contributed by atoms with Crippen molar-refractivity contribution < 1.29 is 18.7 Å². The van der Waals surface area contributed by atoms with Gasteiger partial charge in [-0.3, -0.25) is 4.79 Å². The Balaban J connectivity index is 1.73. The minimum Gasteiger partial charge on any atom is -0.488 e. The zero-order valence-electron chi connectivity index (χ0n) is 16.2. The summed E-state index contributed by atoms with van der Waals surface area (Å²) in [6.45, 7) is 7.78. The molecule has 2 aromatic rings. The first-order valence-electron chi connectivity index (χ1n) is 8.89. The third kappa shape index (κ3) is 4.28. The number of carbonyl (C=O) groups excluding carboxylic acids is 1. The molecule has 1 amide bonds. The smallest absolute Gasteiger partial charge is 0.245 e. The fourth-order valence-electron chi connectivity index (χ4n) is 2.77. The van der Waals surface area contributed by atoms with E-state index in [9.17, 15) is 9.18 Å². The highest BCUT2D eigenvalue weighted by molar-refractivity contribution is 6.33. The van der Waals surface area contributed by atoms with Crippen molar-refractivity contribution in [2.24, 2.45) is 5.10 Å². The molecule has 0 radical (unpaired) electrons. The van der Waals surface area contributed by atoms with Gasteiger partial charge in [0.05, 0.1) is 10.6 Å². The number of hydrogen-bond donors (Lipinski definition) is 0. The molecule has 0 bridgehead atoms. The zero-order chi connectivity index (χ0) is 20.5. The van der Waals surface area contributed by atoms with E-state index in [2.05, 4.69) is 25.9 Å². The maximum atomic E-state index is 14.2. The van der Waals surface area contributed by atoms with Gasteiger partial charge in [-0.1, -0.05) is 50.6 Å². The average Bonchev–Trinajstić information content (AvgIpc) is 3.03. The van der Waals surface area contributed by atoms with Crippen molar-refractivity contribution in [2.75, 3.05) is 6.61 Å². The van der Waals surface area contributed by atoms with E-state index in [4.69, 9.17) is 21.1 Å². The van der Waals surface area contributed by atoms with E-state index in [-0.39, 0.29) is 34.4 Å². The molecule has 0 N–H and O–H groups in total. The highest BCUT2D eigenvalue weighted by Gasteiger charge is 2.34. The molecular formula is C21H22ClFN2O3. The summed E-state index contributed by atoms with van der Waals surface area (Å²) < 4.78 is 25.6. The molecule has 0 spiro atoms. The van der Waals surface area contributed by atoms with Crippen molar-refractivity contribution in [3.05, 3.63) is 64.4 Å². The van der Waals surface area contributed by atoms with Gasteiger partial charge in [0, 0.05) is 6.92 Å². The number of ether oxygens (including phenoxy) is 2. The number of halogens is 2. The standard InChI is InChI=1S/C21H22ClFN2O3/c1-13(26)25-18(12-27-15-10-8-14(9-11-15)21(2,3)4)28-20(24-25)19-16(22)6-5-7-17(19)23/h5-11,18H,12H2,1-4H3. The van der Waals surface area contributed by atoms with Crippen molar-refractivity contribution in [3.63, 3.8) is 0 Å². The van der Waals surface area contributed by atoms with Crippen LogP contribution < -0.4 is 4.74 Å². The summed E-state index contributed by atoms with van der Waals surface area (Å²) >= 11 is 6.07. The van der Waals surface area contributed by atoms with E-state index >= 15 is 0 Å². The van der Waals surface area contributed by atoms with E-state index in [1.54, 1.807) is 0 Å². The van der Waals surface area contributed by atoms with Crippen molar-refractivity contribution in [2.45, 2.75) is 39.3 Å². The van der Waals surface area contributed by atoms with Gasteiger partial charge in [0.1, 0.15) is 18.2 Å². The van der Waals surface area contributed by atoms with Crippen molar-refractivity contribution in [3.8, 4) is 5.75 Å². The average molecular weight is 405 g/mol. The molecule has 148 valence electrons. The zero-order valence-corrected chi connectivity index (χ0v) is 17.0. The lowest BCUT2D eigenvalue weighted by Gasteiger charge is -2.21. The summed E-state index contributed by atoms with van der Waals surface area (Å²) in [4.78, 5) is 11.9. The van der Waals surface area contributed by atoms with Crippen LogP contribution in [-0.4, -0.2) is 29.6 Å². The second-order valence-corrected chi connectivity index (χ2v) is 7.93. The van der Waals surface area contributed by atoms with E-state index in [0.29, 0.717) is 5.75 Å². The SMILES string of the molecule is CC(=O)N1N=C(c2c(F)cccc2Cl)OC1COc1ccc(C(C)(C)C)cc1. The molecule has 0 aliphatic carbocycles. The van der Waals surface area contributed by atoms with Gasteiger partial charge in [-0.2, -0.15) is 5.01 Å². The van der Waals surface area contributed by atoms with Crippen LogP contribution in [0.1, 0.15) is 38.8 Å². The first kappa shape index (κ1) is 20.1. The van der Waals surface area contributed by atoms with E-state index in [1.165, 1.54) is 30.7 Å². The van der Waals surface area contributed by atoms with Crippen molar-refractivity contribution in [1.29, 1.82) is 0 Å². The number of benzene rings is 2. The van der Waals surface area contributed by atoms with Crippen LogP contribution in [0.2, 0.25) is 5.02 Å². The predicted octanol–water partition coefficient (Wildman–Crippen LogP) is 4.72. The van der Waals surface area contributed by atoms with Gasteiger partial charge >= 0.3 is 0 Å². The largest absolute Gasteiger partial charge is 0.488 e. The summed E-state index contributed by atoms with van der Waals surface area (Å²) in [6.07, 6.45) is -0.814. The number of rotatable bonds is 4. The third-order valence-electron chi connectivity index (χ3n) is 4.33. The second kappa shape index (κ2) is 7.80. The van der Waals surface area contributed by atoms with Crippen molar-refractivity contribution >= 4 is 23.4 Å². The van der Waals surface area contributed by atoms with Crippen molar-refractivity contribution in [1.82, 2.24) is 5.01 Å². The molecule has 5 nitrogen and oxygen atoms in total. The topological polar surface area (TPSA) is 51.1 Å². The molecule has 1 unspecified atom stereocenters. The summed E-state index contributed by atoms with van der Waals surface area (Å²) in [5.41, 5.74) is 1.25. The fourth-order valence-corrected chi connectivity index (χ4v) is 3.02. The Labute approximate surface area is 168 Å². The molecule has 3 rings (SSSR count). The molecule has 1 aliphatic heterocycles.